The molecule has 0 saturated heterocycles. The van der Waals surface area contributed by atoms with E-state index in [1.807, 2.05) is 0 Å². The predicted octanol–water partition coefficient (Wildman–Crippen LogP) is 0.839. The molecule has 0 fully saturated rings. The second-order valence-electron chi connectivity index (χ2n) is 6.58. The number of hydrogen-bond acceptors (Lipinski definition) is 11. The van der Waals surface area contributed by atoms with Crippen molar-refractivity contribution >= 4 is 33.6 Å². The summed E-state index contributed by atoms with van der Waals surface area (Å²) in [6.07, 6.45) is 6.09. The van der Waals surface area contributed by atoms with Crippen LogP contribution in [0.1, 0.15) is 46.0 Å². The molecule has 0 aliphatic carbocycles. The first-order valence-electron chi connectivity index (χ1n) is 9.68. The fourth-order valence-corrected chi connectivity index (χ4v) is 2.34. The van der Waals surface area contributed by atoms with Gasteiger partial charge in [0, 0.05) is 35.2 Å². The fraction of sp³-hybridized carbons (Fsp3) is 0.0952. The summed E-state index contributed by atoms with van der Waals surface area (Å²) in [6.45, 7) is 3.46. The monoisotopic (exact) mass is 553 g/mol. The minimum atomic E-state index is -5.17. The molecule has 3 aromatic rings. The zero-order chi connectivity index (χ0) is 25.8. The quantitative estimate of drug-likeness (QED) is 0.146. The van der Waals surface area contributed by atoms with Crippen LogP contribution in [-0.4, -0.2) is 55.7 Å². The molecule has 0 radical (unpaired) electrons. The van der Waals surface area contributed by atoms with Crippen LogP contribution in [0.2, 0.25) is 0 Å². The Hall–Kier alpha value is -3.88. The van der Waals surface area contributed by atoms with Gasteiger partial charge in [-0.15, -0.1) is 0 Å². The van der Waals surface area contributed by atoms with Gasteiger partial charge < -0.3 is 9.11 Å². The van der Waals surface area contributed by atoms with Gasteiger partial charge in [-0.25, -0.2) is 15.8 Å². The summed E-state index contributed by atoms with van der Waals surface area (Å²) in [6, 6.07) is 12.0. The van der Waals surface area contributed by atoms with Crippen LogP contribution >= 0.6 is 0 Å². The second kappa shape index (κ2) is 14.5. The van der Waals surface area contributed by atoms with Crippen molar-refractivity contribution in [2.75, 3.05) is 0 Å². The number of amides is 2. The number of pyridine rings is 3. The van der Waals surface area contributed by atoms with E-state index in [0.717, 1.165) is 0 Å². The van der Waals surface area contributed by atoms with Gasteiger partial charge in [-0.1, -0.05) is 6.07 Å². The SMILES string of the molecule is C/C(=N\NC(=O)c1cccnc1)c1cccc(/C(C)=N/NC(=O)c2cccnc2)n1.O=S(=O)([O-])[O-].[Fe+2]. The molecule has 0 bridgehead atoms. The number of carbonyl (C=O) groups excluding carboxylic acids is 2. The fourth-order valence-electron chi connectivity index (χ4n) is 2.34. The van der Waals surface area contributed by atoms with Crippen LogP contribution < -0.4 is 10.9 Å². The van der Waals surface area contributed by atoms with Crippen molar-refractivity contribution in [3.8, 4) is 0 Å². The van der Waals surface area contributed by atoms with Crippen LogP contribution in [0.4, 0.5) is 0 Å². The number of rotatable bonds is 6. The Morgan fingerprint density at radius 1 is 0.778 bits per heavy atom. The summed E-state index contributed by atoms with van der Waals surface area (Å²) < 4.78 is 34.1. The third-order valence-corrected chi connectivity index (χ3v) is 3.99. The van der Waals surface area contributed by atoms with Crippen LogP contribution in [0.25, 0.3) is 0 Å². The molecule has 3 rings (SSSR count). The number of hydrazone groups is 2. The molecule has 2 amide bonds. The van der Waals surface area contributed by atoms with Crippen molar-refractivity contribution < 1.29 is 44.2 Å². The molecule has 0 unspecified atom stereocenters. The number of aromatic nitrogens is 3. The molecule has 0 spiro atoms. The topological polar surface area (TPSA) is 202 Å². The van der Waals surface area contributed by atoms with E-state index in [-0.39, 0.29) is 28.9 Å². The molecule has 15 heteroatoms. The molecule has 3 heterocycles. The predicted molar refractivity (Wildman–Crippen MR) is 123 cm³/mol. The Bertz CT molecular complexity index is 1240. The van der Waals surface area contributed by atoms with Gasteiger partial charge in [-0.3, -0.25) is 28.0 Å². The molecule has 36 heavy (non-hydrogen) atoms. The first kappa shape index (κ1) is 30.2. The van der Waals surface area contributed by atoms with E-state index < -0.39 is 10.4 Å². The standard InChI is InChI=1S/C21H19N7O2.Fe.H2O4S/c1-14(25-27-20(29)16-6-4-10-22-12-16)18-8-3-9-19(24-18)15(2)26-28-21(30)17-7-5-11-23-13-17;;1-5(2,3)4/h3-13H,1-2H3,(H,27,29)(H,28,30);;(H2,1,2,3,4)/q;+2;/p-2/b25-14+,26-15+;;. The molecule has 2 N–H and O–H groups in total. The summed E-state index contributed by atoms with van der Waals surface area (Å²) in [5.74, 6) is -0.732. The van der Waals surface area contributed by atoms with Crippen molar-refractivity contribution in [1.29, 1.82) is 0 Å². The second-order valence-corrected chi connectivity index (χ2v) is 7.39. The molecule has 0 aliphatic rings. The van der Waals surface area contributed by atoms with Gasteiger partial charge in [0.1, 0.15) is 0 Å². The van der Waals surface area contributed by atoms with E-state index >= 15 is 0 Å². The van der Waals surface area contributed by atoms with Crippen molar-refractivity contribution in [2.45, 2.75) is 13.8 Å². The number of hydrogen-bond donors (Lipinski definition) is 2. The molecule has 0 saturated carbocycles. The molecule has 13 nitrogen and oxygen atoms in total. The van der Waals surface area contributed by atoms with Crippen molar-refractivity contribution in [3.05, 3.63) is 89.8 Å². The molecule has 188 valence electrons. The van der Waals surface area contributed by atoms with Gasteiger partial charge >= 0.3 is 17.1 Å². The van der Waals surface area contributed by atoms with Crippen LogP contribution in [-0.2, 0) is 27.5 Å². The van der Waals surface area contributed by atoms with E-state index in [1.54, 1.807) is 68.7 Å². The normalized spacial score (nSPS) is 11.3. The summed E-state index contributed by atoms with van der Waals surface area (Å²) in [5, 5.41) is 8.19. The Kier molecular flexibility index (Phi) is 12.1. The maximum absolute atomic E-state index is 12.1. The maximum Gasteiger partial charge on any atom is 2.00 e. The molecule has 0 atom stereocenters. The maximum atomic E-state index is 12.1. The summed E-state index contributed by atoms with van der Waals surface area (Å²) in [5.41, 5.74) is 7.93. The minimum Gasteiger partial charge on any atom is -0.759 e. The Labute approximate surface area is 217 Å². The first-order valence-corrected chi connectivity index (χ1v) is 11.0. The third kappa shape index (κ3) is 11.0. The Balaban J connectivity index is 0.000000983. The average Bonchev–Trinajstić information content (AvgIpc) is 2.85. The minimum absolute atomic E-state index is 0. The first-order chi connectivity index (χ1) is 16.5. The van der Waals surface area contributed by atoms with Gasteiger partial charge in [0.15, 0.2) is 0 Å². The number of nitrogens with one attached hydrogen (secondary N) is 2. The van der Waals surface area contributed by atoms with Crippen molar-refractivity contribution in [1.82, 2.24) is 25.8 Å². The van der Waals surface area contributed by atoms with Gasteiger partial charge in [0.2, 0.25) is 0 Å². The molecule has 0 aliphatic heterocycles. The van der Waals surface area contributed by atoms with Crippen LogP contribution in [0.15, 0.2) is 77.5 Å². The summed E-state index contributed by atoms with van der Waals surface area (Å²) in [4.78, 5) is 36.4. The van der Waals surface area contributed by atoms with E-state index in [2.05, 4.69) is 36.0 Å². The Morgan fingerprint density at radius 2 is 1.17 bits per heavy atom. The summed E-state index contributed by atoms with van der Waals surface area (Å²) in [7, 11) is -5.17. The number of carbonyl (C=O) groups is 2. The smallest absolute Gasteiger partial charge is 0.759 e. The van der Waals surface area contributed by atoms with Gasteiger partial charge in [-0.05, 0) is 50.2 Å². The molecule has 3 aromatic heterocycles. The van der Waals surface area contributed by atoms with Crippen LogP contribution in [0.3, 0.4) is 0 Å². The van der Waals surface area contributed by atoms with E-state index in [4.69, 9.17) is 17.5 Å². The summed E-state index contributed by atoms with van der Waals surface area (Å²) >= 11 is 0. The van der Waals surface area contributed by atoms with E-state index in [1.165, 1.54) is 12.4 Å². The van der Waals surface area contributed by atoms with Crippen LogP contribution in [0, 0.1) is 0 Å². The van der Waals surface area contributed by atoms with E-state index in [0.29, 0.717) is 33.9 Å². The Morgan fingerprint density at radius 3 is 1.50 bits per heavy atom. The van der Waals surface area contributed by atoms with Crippen molar-refractivity contribution in [3.63, 3.8) is 0 Å². The largest absolute Gasteiger partial charge is 2.00 e. The average molecular weight is 553 g/mol. The van der Waals surface area contributed by atoms with Gasteiger partial charge in [0.25, 0.3) is 11.8 Å². The van der Waals surface area contributed by atoms with Crippen LogP contribution in [0.5, 0.6) is 0 Å². The van der Waals surface area contributed by atoms with Gasteiger partial charge in [0.05, 0.1) is 33.9 Å². The van der Waals surface area contributed by atoms with Gasteiger partial charge in [-0.2, -0.15) is 10.2 Å². The molecule has 0 aromatic carbocycles. The zero-order valence-electron chi connectivity index (χ0n) is 18.8. The van der Waals surface area contributed by atoms with E-state index in [9.17, 15) is 9.59 Å². The third-order valence-electron chi connectivity index (χ3n) is 3.99. The number of nitrogens with zero attached hydrogens (tertiary/aromatic N) is 5. The molecular weight excluding hydrogens is 534 g/mol. The zero-order valence-corrected chi connectivity index (χ0v) is 20.7. The molecular formula is C21H19FeN7O6S. The van der Waals surface area contributed by atoms with Crippen molar-refractivity contribution in [2.24, 2.45) is 10.2 Å².